The van der Waals surface area contributed by atoms with Gasteiger partial charge >= 0.3 is 0 Å². The first-order valence-electron chi connectivity index (χ1n) is 7.91. The predicted octanol–water partition coefficient (Wildman–Crippen LogP) is 6.61. The predicted molar refractivity (Wildman–Crippen MR) is 112 cm³/mol. The molecule has 1 N–H and O–H groups in total. The highest BCUT2D eigenvalue weighted by atomic mass is 79.9. The van der Waals surface area contributed by atoms with E-state index in [4.69, 9.17) is 0 Å². The molecule has 0 atom stereocenters. The van der Waals surface area contributed by atoms with Crippen LogP contribution in [0.3, 0.4) is 0 Å². The van der Waals surface area contributed by atoms with E-state index < -0.39 is 10.0 Å². The lowest BCUT2D eigenvalue weighted by Crippen LogP contribution is -2.10. The maximum Gasteiger partial charge on any atom is 0.0490 e. The van der Waals surface area contributed by atoms with Gasteiger partial charge in [0.2, 0.25) is 0 Å². The molecule has 0 aliphatic heterocycles. The lowest BCUT2D eigenvalue weighted by atomic mass is 10.1. The van der Waals surface area contributed by atoms with Gasteiger partial charge in [-0.05, 0) is 64.9 Å². The molecular formula is C21H22BrNS. The minimum Gasteiger partial charge on any atom is -0.377 e. The van der Waals surface area contributed by atoms with Crippen LogP contribution < -0.4 is 5.32 Å². The average Bonchev–Trinajstić information content (AvgIpc) is 2.62. The van der Waals surface area contributed by atoms with E-state index in [-0.39, 0.29) is 0 Å². The van der Waals surface area contributed by atoms with Gasteiger partial charge in [-0.3, -0.25) is 0 Å². The van der Waals surface area contributed by atoms with Crippen molar-refractivity contribution < 1.29 is 0 Å². The Morgan fingerprint density at radius 2 is 1.33 bits per heavy atom. The molecule has 0 unspecified atom stereocenters. The van der Waals surface area contributed by atoms with Crippen LogP contribution in [0, 0.1) is 0 Å². The van der Waals surface area contributed by atoms with Crippen molar-refractivity contribution in [2.75, 3.05) is 23.7 Å². The summed E-state index contributed by atoms with van der Waals surface area (Å²) in [6, 6.07) is 27.9. The summed E-state index contributed by atoms with van der Waals surface area (Å²) in [6.45, 7) is 0. The van der Waals surface area contributed by atoms with Crippen LogP contribution >= 0.6 is 26.0 Å². The first kappa shape index (κ1) is 17.1. The van der Waals surface area contributed by atoms with Gasteiger partial charge in [-0.25, -0.2) is 10.0 Å². The normalized spacial score (nSPS) is 12.0. The monoisotopic (exact) mass is 399 g/mol. The molecule has 3 rings (SSSR count). The standard InChI is InChI=1S/C21H22BrNS/c1-24(2,21-14-10-19(22)11-15-21)16-23-20-12-8-18(9-13-20)17-6-4-3-5-7-17/h3-15,23H,16H2,1-2H3. The molecule has 3 aromatic rings. The molecule has 0 bridgehead atoms. The van der Waals surface area contributed by atoms with Crippen LogP contribution in [0.5, 0.6) is 0 Å². The topological polar surface area (TPSA) is 12.0 Å². The van der Waals surface area contributed by atoms with E-state index in [2.05, 4.69) is 107 Å². The van der Waals surface area contributed by atoms with Crippen molar-refractivity contribution in [2.45, 2.75) is 4.90 Å². The van der Waals surface area contributed by atoms with E-state index >= 15 is 0 Å². The summed E-state index contributed by atoms with van der Waals surface area (Å²) in [7, 11) is -0.869. The third-order valence-corrected chi connectivity index (χ3v) is 7.02. The third kappa shape index (κ3) is 4.22. The molecule has 0 aliphatic rings. The maximum absolute atomic E-state index is 3.60. The molecule has 1 nitrogen and oxygen atoms in total. The van der Waals surface area contributed by atoms with Crippen molar-refractivity contribution in [3.8, 4) is 11.1 Å². The summed E-state index contributed by atoms with van der Waals surface area (Å²) in [5, 5.41) is 3.60. The summed E-state index contributed by atoms with van der Waals surface area (Å²) in [5.41, 5.74) is 3.68. The van der Waals surface area contributed by atoms with Crippen LogP contribution in [0.4, 0.5) is 5.69 Å². The Morgan fingerprint density at radius 3 is 1.96 bits per heavy atom. The fourth-order valence-electron chi connectivity index (χ4n) is 2.56. The minimum atomic E-state index is -0.869. The third-order valence-electron chi connectivity index (χ3n) is 4.08. The maximum atomic E-state index is 3.60. The minimum absolute atomic E-state index is 0.869. The first-order chi connectivity index (χ1) is 11.5. The second kappa shape index (κ2) is 7.45. The van der Waals surface area contributed by atoms with E-state index in [1.54, 1.807) is 0 Å². The van der Waals surface area contributed by atoms with Crippen molar-refractivity contribution in [2.24, 2.45) is 0 Å². The molecule has 0 radical (unpaired) electrons. The second-order valence-electron chi connectivity index (χ2n) is 6.26. The van der Waals surface area contributed by atoms with Gasteiger partial charge in [-0.1, -0.05) is 58.4 Å². The van der Waals surface area contributed by atoms with Gasteiger partial charge in [0, 0.05) is 16.0 Å². The summed E-state index contributed by atoms with van der Waals surface area (Å²) >= 11 is 3.51. The molecule has 3 aromatic carbocycles. The number of hydrogen-bond acceptors (Lipinski definition) is 1. The van der Waals surface area contributed by atoms with E-state index in [1.165, 1.54) is 21.7 Å². The molecule has 0 aromatic heterocycles. The Hall–Kier alpha value is -1.71. The van der Waals surface area contributed by atoms with E-state index in [9.17, 15) is 0 Å². The Bertz CT molecular complexity index is 780. The van der Waals surface area contributed by atoms with Crippen molar-refractivity contribution in [3.63, 3.8) is 0 Å². The Kier molecular flexibility index (Phi) is 5.32. The number of benzene rings is 3. The Labute approximate surface area is 154 Å². The number of hydrogen-bond donors (Lipinski definition) is 1. The summed E-state index contributed by atoms with van der Waals surface area (Å²) < 4.78 is 1.13. The van der Waals surface area contributed by atoms with E-state index in [1.807, 2.05) is 6.07 Å². The Balaban J connectivity index is 1.67. The zero-order chi connectivity index (χ0) is 17.0. The zero-order valence-corrected chi connectivity index (χ0v) is 16.4. The first-order valence-corrected chi connectivity index (χ1v) is 11.3. The number of nitrogens with one attached hydrogen (secondary N) is 1. The van der Waals surface area contributed by atoms with Crippen LogP contribution in [0.1, 0.15) is 0 Å². The SMILES string of the molecule is CS(C)(CNc1ccc(-c2ccccc2)cc1)c1ccc(Br)cc1. The number of halogens is 1. The number of rotatable bonds is 5. The largest absolute Gasteiger partial charge is 0.377 e. The fourth-order valence-corrected chi connectivity index (χ4v) is 4.39. The molecule has 24 heavy (non-hydrogen) atoms. The van der Waals surface area contributed by atoms with Crippen LogP contribution in [-0.2, 0) is 0 Å². The van der Waals surface area contributed by atoms with Gasteiger partial charge in [0.25, 0.3) is 0 Å². The van der Waals surface area contributed by atoms with Gasteiger partial charge in [0.1, 0.15) is 0 Å². The quantitative estimate of drug-likeness (QED) is 0.508. The van der Waals surface area contributed by atoms with E-state index in [0.29, 0.717) is 0 Å². The van der Waals surface area contributed by atoms with Crippen LogP contribution in [-0.4, -0.2) is 18.4 Å². The van der Waals surface area contributed by atoms with E-state index in [0.717, 1.165) is 10.3 Å². The molecule has 3 heteroatoms. The summed E-state index contributed by atoms with van der Waals surface area (Å²) in [5.74, 6) is 0.972. The van der Waals surface area contributed by atoms with Gasteiger partial charge < -0.3 is 5.32 Å². The second-order valence-corrected chi connectivity index (χ2v) is 11.0. The molecule has 0 aliphatic carbocycles. The van der Waals surface area contributed by atoms with Crippen LogP contribution in [0.2, 0.25) is 0 Å². The van der Waals surface area contributed by atoms with Crippen molar-refractivity contribution in [1.29, 1.82) is 0 Å². The molecule has 0 saturated carbocycles. The zero-order valence-electron chi connectivity index (χ0n) is 14.0. The van der Waals surface area contributed by atoms with Crippen molar-refractivity contribution >= 4 is 31.6 Å². The molecule has 0 spiro atoms. The molecule has 0 fully saturated rings. The highest BCUT2D eigenvalue weighted by Gasteiger charge is 2.14. The molecule has 124 valence electrons. The fraction of sp³-hybridized carbons (Fsp3) is 0.143. The molecule has 0 amide bonds. The Morgan fingerprint density at radius 1 is 0.750 bits per heavy atom. The highest BCUT2D eigenvalue weighted by molar-refractivity contribution is 9.10. The van der Waals surface area contributed by atoms with Crippen LogP contribution in [0.25, 0.3) is 11.1 Å². The van der Waals surface area contributed by atoms with Gasteiger partial charge in [0.05, 0.1) is 0 Å². The van der Waals surface area contributed by atoms with Crippen molar-refractivity contribution in [3.05, 3.63) is 83.3 Å². The van der Waals surface area contributed by atoms with Gasteiger partial charge in [-0.2, -0.15) is 0 Å². The highest BCUT2D eigenvalue weighted by Crippen LogP contribution is 2.48. The lowest BCUT2D eigenvalue weighted by Gasteiger charge is -2.32. The van der Waals surface area contributed by atoms with Gasteiger partial charge in [0.15, 0.2) is 0 Å². The molecule has 0 saturated heterocycles. The molecule has 0 heterocycles. The average molecular weight is 400 g/mol. The smallest absolute Gasteiger partial charge is 0.0490 e. The summed E-state index contributed by atoms with van der Waals surface area (Å²) in [4.78, 5) is 1.42. The lowest BCUT2D eigenvalue weighted by molar-refractivity contribution is 1.36. The van der Waals surface area contributed by atoms with Crippen molar-refractivity contribution in [1.82, 2.24) is 0 Å². The van der Waals surface area contributed by atoms with Gasteiger partial charge in [-0.15, -0.1) is 0 Å². The summed E-state index contributed by atoms with van der Waals surface area (Å²) in [6.07, 6.45) is 4.70. The molecular weight excluding hydrogens is 378 g/mol. The van der Waals surface area contributed by atoms with Crippen LogP contribution in [0.15, 0.2) is 88.2 Å². The number of anilines is 1.